The Morgan fingerprint density at radius 2 is 1.50 bits per heavy atom. The van der Waals surface area contributed by atoms with Crippen molar-refractivity contribution < 1.29 is 9.59 Å². The lowest BCUT2D eigenvalue weighted by Crippen LogP contribution is -2.52. The minimum absolute atomic E-state index is 0.0000553. The molecule has 1 saturated carbocycles. The summed E-state index contributed by atoms with van der Waals surface area (Å²) in [7, 11) is 0. The fraction of sp³-hybridized carbons (Fsp3) is 0.355. The fourth-order valence-corrected chi connectivity index (χ4v) is 5.79. The monoisotopic (exact) mass is 500 g/mol. The zero-order chi connectivity index (χ0) is 25.2. The molecule has 0 heterocycles. The highest BCUT2D eigenvalue weighted by Gasteiger charge is 2.32. The van der Waals surface area contributed by atoms with Crippen LogP contribution < -0.4 is 5.32 Å². The Bertz CT molecular complexity index is 1110. The van der Waals surface area contributed by atoms with Gasteiger partial charge in [0.05, 0.1) is 5.75 Å². The van der Waals surface area contributed by atoms with Gasteiger partial charge >= 0.3 is 0 Å². The van der Waals surface area contributed by atoms with Crippen LogP contribution >= 0.6 is 11.8 Å². The van der Waals surface area contributed by atoms with Crippen molar-refractivity contribution in [1.29, 1.82) is 0 Å². The number of carbonyl (C=O) groups is 2. The number of hydrogen-bond acceptors (Lipinski definition) is 3. The third-order valence-electron chi connectivity index (χ3n) is 6.91. The molecule has 0 radical (unpaired) electrons. The highest BCUT2D eigenvalue weighted by molar-refractivity contribution is 7.99. The topological polar surface area (TPSA) is 49.4 Å². The van der Waals surface area contributed by atoms with Crippen LogP contribution in [0.1, 0.15) is 47.9 Å². The van der Waals surface area contributed by atoms with Crippen LogP contribution in [0.25, 0.3) is 0 Å². The van der Waals surface area contributed by atoms with Crippen LogP contribution in [-0.2, 0) is 28.3 Å². The van der Waals surface area contributed by atoms with E-state index in [1.54, 1.807) is 16.7 Å². The molecule has 4 rings (SSSR count). The van der Waals surface area contributed by atoms with Crippen LogP contribution in [-0.4, -0.2) is 34.6 Å². The maximum Gasteiger partial charge on any atom is 0.243 e. The number of amides is 2. The van der Waals surface area contributed by atoms with Crippen molar-refractivity contribution in [2.75, 3.05) is 5.75 Å². The molecule has 1 aliphatic rings. The van der Waals surface area contributed by atoms with Crippen molar-refractivity contribution in [3.63, 3.8) is 0 Å². The van der Waals surface area contributed by atoms with E-state index in [0.29, 0.717) is 18.7 Å². The van der Waals surface area contributed by atoms with Gasteiger partial charge in [-0.05, 0) is 42.0 Å². The molecule has 0 aliphatic heterocycles. The summed E-state index contributed by atoms with van der Waals surface area (Å²) in [5.74, 6) is 1.07. The van der Waals surface area contributed by atoms with Crippen molar-refractivity contribution in [3.05, 3.63) is 107 Å². The maximum absolute atomic E-state index is 13.7. The molecule has 2 amide bonds. The van der Waals surface area contributed by atoms with E-state index >= 15 is 0 Å². The molecule has 3 aromatic carbocycles. The number of aryl methyl sites for hydroxylation is 1. The van der Waals surface area contributed by atoms with E-state index in [2.05, 4.69) is 24.4 Å². The number of benzene rings is 3. The number of rotatable bonds is 11. The molecule has 1 atom stereocenters. The van der Waals surface area contributed by atoms with Gasteiger partial charge < -0.3 is 10.2 Å². The van der Waals surface area contributed by atoms with Crippen molar-refractivity contribution >= 4 is 23.6 Å². The van der Waals surface area contributed by atoms with Crippen LogP contribution in [0.2, 0.25) is 0 Å². The second-order valence-electron chi connectivity index (χ2n) is 9.62. The van der Waals surface area contributed by atoms with Crippen molar-refractivity contribution in [2.45, 2.75) is 63.4 Å². The Morgan fingerprint density at radius 3 is 2.17 bits per heavy atom. The molecule has 188 valence electrons. The van der Waals surface area contributed by atoms with Gasteiger partial charge in [0.25, 0.3) is 0 Å². The summed E-state index contributed by atoms with van der Waals surface area (Å²) in [4.78, 5) is 29.2. The van der Waals surface area contributed by atoms with Gasteiger partial charge in [-0.3, -0.25) is 9.59 Å². The van der Waals surface area contributed by atoms with Gasteiger partial charge in [-0.25, -0.2) is 0 Å². The first-order valence-corrected chi connectivity index (χ1v) is 14.1. The first kappa shape index (κ1) is 26.0. The normalized spacial score (nSPS) is 14.4. The lowest BCUT2D eigenvalue weighted by Gasteiger charge is -2.32. The highest BCUT2D eigenvalue weighted by atomic mass is 32.2. The SMILES string of the molecule is Cc1ccccc1CSCC(=O)N(Cc1ccccc1)C(Cc1ccccc1)C(=O)NC1CCCC1. The molecular weight excluding hydrogens is 464 g/mol. The van der Waals surface area contributed by atoms with Crippen LogP contribution in [0.5, 0.6) is 0 Å². The predicted molar refractivity (Wildman–Crippen MR) is 149 cm³/mol. The summed E-state index contributed by atoms with van der Waals surface area (Å²) in [5.41, 5.74) is 4.56. The molecule has 1 fully saturated rings. The smallest absolute Gasteiger partial charge is 0.243 e. The molecular formula is C31H36N2O2S. The Morgan fingerprint density at radius 1 is 0.889 bits per heavy atom. The molecule has 0 saturated heterocycles. The molecule has 36 heavy (non-hydrogen) atoms. The standard InChI is InChI=1S/C31H36N2O2S/c1-24-12-8-9-17-27(24)22-36-23-30(34)33(21-26-15-6-3-7-16-26)29(20-25-13-4-2-5-14-25)31(35)32-28-18-10-11-19-28/h2-9,12-17,28-29H,10-11,18-23H2,1H3,(H,32,35). The molecule has 4 nitrogen and oxygen atoms in total. The van der Waals surface area contributed by atoms with Gasteiger partial charge in [-0.2, -0.15) is 0 Å². The van der Waals surface area contributed by atoms with Crippen molar-refractivity contribution in [1.82, 2.24) is 10.2 Å². The van der Waals surface area contributed by atoms with Gasteiger partial charge in [0, 0.05) is 24.8 Å². The molecule has 1 aliphatic carbocycles. The van der Waals surface area contributed by atoms with E-state index in [4.69, 9.17) is 0 Å². The maximum atomic E-state index is 13.7. The minimum Gasteiger partial charge on any atom is -0.352 e. The lowest BCUT2D eigenvalue weighted by molar-refractivity contribution is -0.139. The Kier molecular flexibility index (Phi) is 9.62. The van der Waals surface area contributed by atoms with E-state index in [9.17, 15) is 9.59 Å². The average Bonchev–Trinajstić information content (AvgIpc) is 3.41. The number of nitrogens with zero attached hydrogens (tertiary/aromatic N) is 1. The van der Waals surface area contributed by atoms with Crippen LogP contribution in [0.15, 0.2) is 84.9 Å². The van der Waals surface area contributed by atoms with Crippen molar-refractivity contribution in [3.8, 4) is 0 Å². The highest BCUT2D eigenvalue weighted by Crippen LogP contribution is 2.22. The van der Waals surface area contributed by atoms with E-state index in [-0.39, 0.29) is 17.9 Å². The summed E-state index contributed by atoms with van der Waals surface area (Å²) in [6, 6.07) is 27.9. The van der Waals surface area contributed by atoms with Gasteiger partial charge in [0.15, 0.2) is 0 Å². The Balaban J connectivity index is 1.55. The lowest BCUT2D eigenvalue weighted by atomic mass is 10.0. The summed E-state index contributed by atoms with van der Waals surface area (Å²) in [6.45, 7) is 2.52. The molecule has 1 N–H and O–H groups in total. The Hall–Kier alpha value is -3.05. The molecule has 0 aromatic heterocycles. The van der Waals surface area contributed by atoms with Gasteiger partial charge in [0.2, 0.25) is 11.8 Å². The largest absolute Gasteiger partial charge is 0.352 e. The fourth-order valence-electron chi connectivity index (χ4n) is 4.80. The summed E-state index contributed by atoms with van der Waals surface area (Å²) >= 11 is 1.61. The van der Waals surface area contributed by atoms with Crippen LogP contribution in [0, 0.1) is 6.92 Å². The van der Waals surface area contributed by atoms with E-state index in [1.165, 1.54) is 11.1 Å². The number of nitrogens with one attached hydrogen (secondary N) is 1. The summed E-state index contributed by atoms with van der Waals surface area (Å²) < 4.78 is 0. The number of carbonyl (C=O) groups excluding carboxylic acids is 2. The first-order valence-electron chi connectivity index (χ1n) is 12.9. The molecule has 5 heteroatoms. The third-order valence-corrected chi connectivity index (χ3v) is 7.88. The van der Waals surface area contributed by atoms with Crippen molar-refractivity contribution in [2.24, 2.45) is 0 Å². The number of thioether (sulfide) groups is 1. The summed E-state index contributed by atoms with van der Waals surface area (Å²) in [6.07, 6.45) is 4.83. The van der Waals surface area contributed by atoms with E-state index in [0.717, 1.165) is 42.6 Å². The number of hydrogen-bond donors (Lipinski definition) is 1. The minimum atomic E-state index is -0.556. The zero-order valence-electron chi connectivity index (χ0n) is 21.1. The van der Waals surface area contributed by atoms with E-state index < -0.39 is 6.04 Å². The van der Waals surface area contributed by atoms with Crippen LogP contribution in [0.3, 0.4) is 0 Å². The molecule has 0 bridgehead atoms. The molecule has 3 aromatic rings. The second kappa shape index (κ2) is 13.3. The molecule has 1 unspecified atom stereocenters. The second-order valence-corrected chi connectivity index (χ2v) is 10.6. The molecule has 0 spiro atoms. The summed E-state index contributed by atoms with van der Waals surface area (Å²) in [5, 5.41) is 3.27. The quantitative estimate of drug-likeness (QED) is 0.355. The first-order chi connectivity index (χ1) is 17.6. The van der Waals surface area contributed by atoms with Gasteiger partial charge in [-0.1, -0.05) is 97.8 Å². The average molecular weight is 501 g/mol. The Labute approximate surface area is 219 Å². The van der Waals surface area contributed by atoms with Crippen LogP contribution in [0.4, 0.5) is 0 Å². The zero-order valence-corrected chi connectivity index (χ0v) is 21.9. The predicted octanol–water partition coefficient (Wildman–Crippen LogP) is 5.93. The third kappa shape index (κ3) is 7.47. The van der Waals surface area contributed by atoms with Gasteiger partial charge in [-0.15, -0.1) is 11.8 Å². The van der Waals surface area contributed by atoms with Gasteiger partial charge in [0.1, 0.15) is 6.04 Å². The van der Waals surface area contributed by atoms with E-state index in [1.807, 2.05) is 72.8 Å².